The number of nitrogens with zero attached hydrogens (tertiary/aromatic N) is 3. The van der Waals surface area contributed by atoms with E-state index in [9.17, 15) is 10.1 Å². The minimum Gasteiger partial charge on any atom is -0.490 e. The molecule has 1 N–H and O–H groups in total. The molecule has 7 heteroatoms. The van der Waals surface area contributed by atoms with Gasteiger partial charge in [-0.05, 0) is 82.3 Å². The summed E-state index contributed by atoms with van der Waals surface area (Å²) in [7, 11) is 0. The fraction of sp³-hybridized carbons (Fsp3) is 0.464. The summed E-state index contributed by atoms with van der Waals surface area (Å²) < 4.78 is 5.76. The van der Waals surface area contributed by atoms with Gasteiger partial charge in [0.25, 0.3) is 0 Å². The largest absolute Gasteiger partial charge is 0.490 e. The normalized spacial score (nSPS) is 23.7. The Kier molecular flexibility index (Phi) is 7.03. The number of hydrogen-bond donors (Lipinski definition) is 1. The summed E-state index contributed by atoms with van der Waals surface area (Å²) in [6.07, 6.45) is 13.0. The maximum atomic E-state index is 12.6. The molecule has 0 bridgehead atoms. The number of carbonyl (C=O) groups is 1. The highest BCUT2D eigenvalue weighted by atomic mass is 32.1. The van der Waals surface area contributed by atoms with E-state index in [1.165, 1.54) is 23.3 Å². The van der Waals surface area contributed by atoms with E-state index in [4.69, 9.17) is 9.72 Å². The maximum absolute atomic E-state index is 12.6. The first kappa shape index (κ1) is 23.8. The van der Waals surface area contributed by atoms with Gasteiger partial charge in [-0.15, -0.1) is 11.3 Å². The summed E-state index contributed by atoms with van der Waals surface area (Å²) >= 11 is 1.68. The molecule has 2 heterocycles. The lowest BCUT2D eigenvalue weighted by Gasteiger charge is -2.26. The Hall–Kier alpha value is -2.95. The highest BCUT2D eigenvalue weighted by Crippen LogP contribution is 2.46. The zero-order valence-electron chi connectivity index (χ0n) is 20.4. The maximum Gasteiger partial charge on any atom is 0.234 e. The van der Waals surface area contributed by atoms with Crippen LogP contribution in [0.3, 0.4) is 0 Å². The van der Waals surface area contributed by atoms with Crippen LogP contribution in [0.1, 0.15) is 55.9 Å². The van der Waals surface area contributed by atoms with Crippen molar-refractivity contribution in [3.63, 3.8) is 0 Å². The highest BCUT2D eigenvalue weighted by molar-refractivity contribution is 7.15. The Morgan fingerprint density at radius 3 is 2.91 bits per heavy atom. The number of carbonyl (C=O) groups excluding carboxylic acids is 1. The minimum absolute atomic E-state index is 0.0139. The van der Waals surface area contributed by atoms with E-state index >= 15 is 0 Å². The van der Waals surface area contributed by atoms with Crippen molar-refractivity contribution >= 4 is 17.2 Å². The molecule has 1 amide bonds. The number of fused-ring (bicyclic) bond motifs is 1. The number of likely N-dealkylation sites (tertiary alicyclic amines) is 1. The molecular formula is C28H32N4O2S. The summed E-state index contributed by atoms with van der Waals surface area (Å²) in [5.41, 5.74) is 2.80. The molecule has 1 aromatic heterocycles. The van der Waals surface area contributed by atoms with Crippen LogP contribution < -0.4 is 10.1 Å². The predicted molar refractivity (Wildman–Crippen MR) is 138 cm³/mol. The van der Waals surface area contributed by atoms with Crippen LogP contribution in [0.2, 0.25) is 0 Å². The molecule has 1 saturated carbocycles. The van der Waals surface area contributed by atoms with Crippen LogP contribution >= 0.6 is 11.3 Å². The molecule has 2 aliphatic carbocycles. The number of benzene rings is 1. The van der Waals surface area contributed by atoms with Gasteiger partial charge in [-0.3, -0.25) is 9.69 Å². The van der Waals surface area contributed by atoms with Crippen molar-refractivity contribution in [1.29, 1.82) is 5.26 Å². The summed E-state index contributed by atoms with van der Waals surface area (Å²) in [5, 5.41) is 13.8. The minimum atomic E-state index is 0.0139. The average Bonchev–Trinajstić information content (AvgIpc) is 3.61. The summed E-state index contributed by atoms with van der Waals surface area (Å²) in [6, 6.07) is 8.08. The SMILES string of the molecule is CC(C)Oc1ccc(-c2ncc(C3C=CC=C4C(NC(=O)CN5CCCC5)CCC43)s2)cc1C#N. The number of nitrogens with one attached hydrogen (secondary N) is 1. The second kappa shape index (κ2) is 10.3. The van der Waals surface area contributed by atoms with Crippen molar-refractivity contribution in [1.82, 2.24) is 15.2 Å². The second-order valence-corrected chi connectivity index (χ2v) is 11.0. The lowest BCUT2D eigenvalue weighted by atomic mass is 9.82. The van der Waals surface area contributed by atoms with Gasteiger partial charge in [-0.2, -0.15) is 5.26 Å². The molecule has 35 heavy (non-hydrogen) atoms. The zero-order chi connectivity index (χ0) is 24.4. The van der Waals surface area contributed by atoms with Crippen LogP contribution in [0.4, 0.5) is 0 Å². The third-order valence-corrected chi connectivity index (χ3v) is 8.25. The molecule has 3 aliphatic rings. The summed E-state index contributed by atoms with van der Waals surface area (Å²) in [6.45, 7) is 6.48. The molecule has 3 atom stereocenters. The molecule has 2 aromatic rings. The van der Waals surface area contributed by atoms with Crippen LogP contribution in [-0.2, 0) is 4.79 Å². The van der Waals surface area contributed by atoms with Gasteiger partial charge in [0.2, 0.25) is 5.91 Å². The van der Waals surface area contributed by atoms with Gasteiger partial charge < -0.3 is 10.1 Å². The highest BCUT2D eigenvalue weighted by Gasteiger charge is 2.38. The van der Waals surface area contributed by atoms with E-state index in [-0.39, 0.29) is 24.0 Å². The first-order valence-corrected chi connectivity index (χ1v) is 13.4. The molecule has 1 aromatic carbocycles. The van der Waals surface area contributed by atoms with Gasteiger partial charge in [0.05, 0.1) is 24.3 Å². The van der Waals surface area contributed by atoms with Gasteiger partial charge in [-0.1, -0.05) is 18.2 Å². The van der Waals surface area contributed by atoms with E-state index in [1.54, 1.807) is 11.3 Å². The van der Waals surface area contributed by atoms with Gasteiger partial charge in [0, 0.05) is 22.6 Å². The third kappa shape index (κ3) is 5.19. The Morgan fingerprint density at radius 1 is 1.31 bits per heavy atom. The van der Waals surface area contributed by atoms with E-state index < -0.39 is 0 Å². The predicted octanol–water partition coefficient (Wildman–Crippen LogP) is 5.04. The molecule has 3 unspecified atom stereocenters. The number of aromatic nitrogens is 1. The molecule has 5 rings (SSSR count). The molecule has 2 fully saturated rings. The number of allylic oxidation sites excluding steroid dienone is 3. The Bertz CT molecular complexity index is 1190. The van der Waals surface area contributed by atoms with Crippen LogP contribution in [0, 0.1) is 17.2 Å². The smallest absolute Gasteiger partial charge is 0.234 e. The number of amides is 1. The van der Waals surface area contributed by atoms with Crippen molar-refractivity contribution in [2.24, 2.45) is 5.92 Å². The monoisotopic (exact) mass is 488 g/mol. The fourth-order valence-electron chi connectivity index (χ4n) is 5.50. The van der Waals surface area contributed by atoms with E-state index in [1.807, 2.05) is 38.2 Å². The first-order chi connectivity index (χ1) is 17.0. The molecule has 0 spiro atoms. The van der Waals surface area contributed by atoms with Crippen molar-refractivity contribution in [2.45, 2.75) is 57.6 Å². The van der Waals surface area contributed by atoms with Gasteiger partial charge in [0.15, 0.2) is 0 Å². The third-order valence-electron chi connectivity index (χ3n) is 7.10. The molecule has 1 aliphatic heterocycles. The number of hydrogen-bond acceptors (Lipinski definition) is 6. The molecule has 182 valence electrons. The molecule has 1 saturated heterocycles. The number of thiazole rings is 1. The number of rotatable bonds is 7. The van der Waals surface area contributed by atoms with Crippen LogP contribution in [0.5, 0.6) is 5.75 Å². The van der Waals surface area contributed by atoms with Crippen molar-refractivity contribution < 1.29 is 9.53 Å². The van der Waals surface area contributed by atoms with Crippen molar-refractivity contribution in [3.8, 4) is 22.4 Å². The quantitative estimate of drug-likeness (QED) is 0.591. The zero-order valence-corrected chi connectivity index (χ0v) is 21.2. The topological polar surface area (TPSA) is 78.2 Å². The van der Waals surface area contributed by atoms with Gasteiger partial charge in [-0.25, -0.2) is 4.98 Å². The van der Waals surface area contributed by atoms with Crippen LogP contribution in [0.25, 0.3) is 10.6 Å². The van der Waals surface area contributed by atoms with E-state index in [0.717, 1.165) is 36.5 Å². The lowest BCUT2D eigenvalue weighted by molar-refractivity contribution is -0.122. The Labute approximate surface area is 211 Å². The number of nitriles is 1. The van der Waals surface area contributed by atoms with Gasteiger partial charge >= 0.3 is 0 Å². The van der Waals surface area contributed by atoms with Crippen molar-refractivity contribution in [3.05, 3.63) is 58.6 Å². The molecule has 6 nitrogen and oxygen atoms in total. The lowest BCUT2D eigenvalue weighted by Crippen LogP contribution is -2.41. The van der Waals surface area contributed by atoms with Crippen LogP contribution in [0.15, 0.2) is 48.2 Å². The second-order valence-electron chi connectivity index (χ2n) is 9.92. The first-order valence-electron chi connectivity index (χ1n) is 12.6. The summed E-state index contributed by atoms with van der Waals surface area (Å²) in [5.74, 6) is 1.40. The average molecular weight is 489 g/mol. The van der Waals surface area contributed by atoms with E-state index in [2.05, 4.69) is 34.5 Å². The molecular weight excluding hydrogens is 456 g/mol. The Morgan fingerprint density at radius 2 is 2.14 bits per heavy atom. The molecule has 0 radical (unpaired) electrons. The Balaban J connectivity index is 1.28. The fourth-order valence-corrected chi connectivity index (χ4v) is 6.56. The standard InChI is InChI=1S/C28H32N4O2S/c1-18(2)34-25-11-8-19(14-20(25)15-29)28-30-16-26(35-28)23-7-5-6-22-21(23)9-10-24(22)31-27(33)17-32-12-3-4-13-32/h5-8,11,14,16,18,21,23-24H,3-4,9-10,12-13,17H2,1-2H3,(H,31,33). The van der Waals surface area contributed by atoms with Crippen LogP contribution in [-0.4, -0.2) is 47.6 Å². The number of ether oxygens (including phenoxy) is 1. The summed E-state index contributed by atoms with van der Waals surface area (Å²) in [4.78, 5) is 20.8. The van der Waals surface area contributed by atoms with Crippen molar-refractivity contribution in [2.75, 3.05) is 19.6 Å². The van der Waals surface area contributed by atoms with E-state index in [0.29, 0.717) is 23.8 Å². The van der Waals surface area contributed by atoms with Gasteiger partial charge in [0.1, 0.15) is 16.8 Å².